The fourth-order valence-corrected chi connectivity index (χ4v) is 3.63. The monoisotopic (exact) mass is 409 g/mol. The molecule has 1 heterocycles. The molecule has 3 aromatic carbocycles. The maximum atomic E-state index is 12.3. The highest BCUT2D eigenvalue weighted by molar-refractivity contribution is 8.00. The van der Waals surface area contributed by atoms with Gasteiger partial charge in [0.05, 0.1) is 5.75 Å². The van der Waals surface area contributed by atoms with Crippen LogP contribution in [0.5, 0.6) is 11.5 Å². The molecule has 0 unspecified atom stereocenters. The van der Waals surface area contributed by atoms with E-state index in [-0.39, 0.29) is 12.5 Å². The molecule has 1 atom stereocenters. The lowest BCUT2D eigenvalue weighted by atomic mass is 10.1. The van der Waals surface area contributed by atoms with Gasteiger partial charge in [-0.05, 0) is 42.0 Å². The van der Waals surface area contributed by atoms with E-state index in [2.05, 4.69) is 5.32 Å². The van der Waals surface area contributed by atoms with Crippen LogP contribution in [0.15, 0.2) is 65.6 Å². The van der Waals surface area contributed by atoms with Crippen molar-refractivity contribution in [2.75, 3.05) is 17.9 Å². The first-order valence-electron chi connectivity index (χ1n) is 9.10. The summed E-state index contributed by atoms with van der Waals surface area (Å²) in [6.07, 6.45) is -0.912. The van der Waals surface area contributed by atoms with E-state index in [1.54, 1.807) is 25.1 Å². The molecule has 4 rings (SSSR count). The average molecular weight is 409 g/mol. The molecule has 7 heteroatoms. The zero-order chi connectivity index (χ0) is 20.2. The van der Waals surface area contributed by atoms with E-state index in [1.807, 2.05) is 42.5 Å². The third kappa shape index (κ3) is 4.63. The fraction of sp³-hybridized carbons (Fsp3) is 0.182. The van der Waals surface area contributed by atoms with Crippen LogP contribution in [-0.4, -0.2) is 30.5 Å². The van der Waals surface area contributed by atoms with Crippen molar-refractivity contribution < 1.29 is 23.8 Å². The van der Waals surface area contributed by atoms with Crippen LogP contribution < -0.4 is 14.8 Å². The summed E-state index contributed by atoms with van der Waals surface area (Å²) in [7, 11) is 0. The predicted molar refractivity (Wildman–Crippen MR) is 111 cm³/mol. The van der Waals surface area contributed by atoms with Crippen LogP contribution in [0.3, 0.4) is 0 Å². The fourth-order valence-electron chi connectivity index (χ4n) is 2.90. The highest BCUT2D eigenvalue weighted by atomic mass is 32.2. The lowest BCUT2D eigenvalue weighted by molar-refractivity contribution is -0.150. The van der Waals surface area contributed by atoms with Gasteiger partial charge in [0, 0.05) is 16.6 Å². The minimum Gasteiger partial charge on any atom is -0.454 e. The van der Waals surface area contributed by atoms with Crippen LogP contribution in [0.2, 0.25) is 0 Å². The first kappa shape index (κ1) is 19.1. The number of esters is 1. The minimum absolute atomic E-state index is 0.125. The molecular formula is C22H19NO5S. The Bertz CT molecular complexity index is 1070. The molecule has 148 valence electrons. The van der Waals surface area contributed by atoms with Gasteiger partial charge in [0.1, 0.15) is 0 Å². The Hall–Kier alpha value is -3.19. The highest BCUT2D eigenvalue weighted by Gasteiger charge is 2.20. The van der Waals surface area contributed by atoms with Crippen molar-refractivity contribution in [1.29, 1.82) is 0 Å². The third-order valence-electron chi connectivity index (χ3n) is 4.40. The maximum Gasteiger partial charge on any atom is 0.317 e. The number of hydrogen-bond donors (Lipinski definition) is 1. The van der Waals surface area contributed by atoms with Gasteiger partial charge in [0.25, 0.3) is 5.91 Å². The molecule has 29 heavy (non-hydrogen) atoms. The van der Waals surface area contributed by atoms with Crippen LogP contribution in [-0.2, 0) is 14.3 Å². The Kier molecular flexibility index (Phi) is 5.57. The molecule has 0 saturated carbocycles. The average Bonchev–Trinajstić information content (AvgIpc) is 3.20. The quantitative estimate of drug-likeness (QED) is 0.485. The number of benzene rings is 3. The Morgan fingerprint density at radius 1 is 1.03 bits per heavy atom. The molecule has 3 aromatic rings. The van der Waals surface area contributed by atoms with Crippen molar-refractivity contribution in [3.63, 3.8) is 0 Å². The van der Waals surface area contributed by atoms with Gasteiger partial charge in [-0.1, -0.05) is 30.3 Å². The number of rotatable bonds is 6. The number of ether oxygens (including phenoxy) is 3. The first-order chi connectivity index (χ1) is 14.1. The van der Waals surface area contributed by atoms with E-state index in [0.29, 0.717) is 17.2 Å². The van der Waals surface area contributed by atoms with Gasteiger partial charge >= 0.3 is 5.97 Å². The lowest BCUT2D eigenvalue weighted by Crippen LogP contribution is -2.30. The first-order valence-corrected chi connectivity index (χ1v) is 10.1. The summed E-state index contributed by atoms with van der Waals surface area (Å²) in [4.78, 5) is 25.4. The molecule has 0 spiro atoms. The summed E-state index contributed by atoms with van der Waals surface area (Å²) in [5.74, 6) is 0.469. The number of fused-ring (bicyclic) bond motifs is 2. The zero-order valence-electron chi connectivity index (χ0n) is 15.7. The minimum atomic E-state index is -0.912. The van der Waals surface area contributed by atoms with Crippen molar-refractivity contribution in [1.82, 2.24) is 0 Å². The Morgan fingerprint density at radius 2 is 1.83 bits per heavy atom. The molecule has 1 N–H and O–H groups in total. The highest BCUT2D eigenvalue weighted by Crippen LogP contribution is 2.34. The predicted octanol–water partition coefficient (Wildman–Crippen LogP) is 4.23. The summed E-state index contributed by atoms with van der Waals surface area (Å²) in [6, 6.07) is 19.1. The molecule has 6 nitrogen and oxygen atoms in total. The van der Waals surface area contributed by atoms with Gasteiger partial charge in [0.15, 0.2) is 17.6 Å². The van der Waals surface area contributed by atoms with Gasteiger partial charge in [-0.25, -0.2) is 0 Å². The molecule has 0 aromatic heterocycles. The van der Waals surface area contributed by atoms with Crippen LogP contribution >= 0.6 is 11.8 Å². The summed E-state index contributed by atoms with van der Waals surface area (Å²) in [5, 5.41) is 4.97. The molecule has 1 aliphatic rings. The molecule has 0 saturated heterocycles. The van der Waals surface area contributed by atoms with E-state index in [4.69, 9.17) is 14.2 Å². The second kappa shape index (κ2) is 8.45. The van der Waals surface area contributed by atoms with Gasteiger partial charge in [-0.2, -0.15) is 0 Å². The van der Waals surface area contributed by atoms with E-state index in [9.17, 15) is 9.59 Å². The normalized spacial score (nSPS) is 13.1. The van der Waals surface area contributed by atoms with E-state index in [0.717, 1.165) is 15.7 Å². The van der Waals surface area contributed by atoms with Crippen molar-refractivity contribution >= 4 is 40.1 Å². The van der Waals surface area contributed by atoms with Crippen LogP contribution in [0, 0.1) is 0 Å². The SMILES string of the molecule is C[C@H](OC(=O)CSc1ccc2ccccc2c1)C(=O)Nc1ccc2c(c1)OCO2. The topological polar surface area (TPSA) is 73.9 Å². The van der Waals surface area contributed by atoms with Crippen LogP contribution in [0.4, 0.5) is 5.69 Å². The van der Waals surface area contributed by atoms with Crippen LogP contribution in [0.25, 0.3) is 10.8 Å². The zero-order valence-corrected chi connectivity index (χ0v) is 16.5. The largest absolute Gasteiger partial charge is 0.454 e. The van der Waals surface area contributed by atoms with Crippen molar-refractivity contribution in [2.45, 2.75) is 17.9 Å². The second-order valence-electron chi connectivity index (χ2n) is 6.49. The Balaban J connectivity index is 1.28. The molecule has 0 aliphatic carbocycles. The number of amides is 1. The van der Waals surface area contributed by atoms with Gasteiger partial charge in [-0.15, -0.1) is 11.8 Å². The van der Waals surface area contributed by atoms with Gasteiger partial charge in [-0.3, -0.25) is 9.59 Å². The number of anilines is 1. The Morgan fingerprint density at radius 3 is 2.69 bits per heavy atom. The smallest absolute Gasteiger partial charge is 0.317 e. The van der Waals surface area contributed by atoms with Crippen molar-refractivity contribution in [3.05, 3.63) is 60.7 Å². The number of thioether (sulfide) groups is 1. The third-order valence-corrected chi connectivity index (χ3v) is 5.36. The molecular weight excluding hydrogens is 390 g/mol. The summed E-state index contributed by atoms with van der Waals surface area (Å²) in [5.41, 5.74) is 0.549. The Labute approximate surface area is 172 Å². The van der Waals surface area contributed by atoms with Gasteiger partial charge < -0.3 is 19.5 Å². The molecule has 0 bridgehead atoms. The van der Waals surface area contributed by atoms with E-state index in [1.165, 1.54) is 11.8 Å². The number of carbonyl (C=O) groups is 2. The van der Waals surface area contributed by atoms with Gasteiger partial charge in [0.2, 0.25) is 6.79 Å². The van der Waals surface area contributed by atoms with Crippen molar-refractivity contribution in [2.24, 2.45) is 0 Å². The summed E-state index contributed by atoms with van der Waals surface area (Å²) >= 11 is 1.38. The molecule has 1 aliphatic heterocycles. The second-order valence-corrected chi connectivity index (χ2v) is 7.54. The molecule has 0 radical (unpaired) electrons. The number of carbonyl (C=O) groups excluding carboxylic acids is 2. The number of nitrogens with one attached hydrogen (secondary N) is 1. The van der Waals surface area contributed by atoms with Crippen molar-refractivity contribution in [3.8, 4) is 11.5 Å². The van der Waals surface area contributed by atoms with Crippen LogP contribution in [0.1, 0.15) is 6.92 Å². The summed E-state index contributed by atoms with van der Waals surface area (Å²) < 4.78 is 15.8. The maximum absolute atomic E-state index is 12.3. The molecule has 0 fully saturated rings. The standard InChI is InChI=1S/C22H19NO5S/c1-14(22(25)23-17-7-9-19-20(11-17)27-13-26-19)28-21(24)12-29-18-8-6-15-4-2-3-5-16(15)10-18/h2-11,14H,12-13H2,1H3,(H,23,25)/t14-/m0/s1. The van der Waals surface area contributed by atoms with E-state index < -0.39 is 18.0 Å². The molecule has 1 amide bonds. The number of hydrogen-bond acceptors (Lipinski definition) is 6. The summed E-state index contributed by atoms with van der Waals surface area (Å²) in [6.45, 7) is 1.70. The lowest BCUT2D eigenvalue weighted by Gasteiger charge is -2.14. The van der Waals surface area contributed by atoms with E-state index >= 15 is 0 Å².